The van der Waals surface area contributed by atoms with Crippen LogP contribution < -0.4 is 15.4 Å². The van der Waals surface area contributed by atoms with Gasteiger partial charge in [0.2, 0.25) is 0 Å². The van der Waals surface area contributed by atoms with Gasteiger partial charge in [-0.2, -0.15) is 0 Å². The van der Waals surface area contributed by atoms with Crippen molar-refractivity contribution in [1.29, 1.82) is 0 Å². The second-order valence-electron chi connectivity index (χ2n) is 7.04. The molecule has 2 aliphatic rings. The molecule has 140 valence electrons. The van der Waals surface area contributed by atoms with Gasteiger partial charge < -0.3 is 20.5 Å². The van der Waals surface area contributed by atoms with E-state index in [0.29, 0.717) is 12.0 Å². The molecule has 0 aromatic heterocycles. The van der Waals surface area contributed by atoms with Gasteiger partial charge in [-0.05, 0) is 35.7 Å². The Kier molecular flexibility index (Phi) is 4.58. The fourth-order valence-electron chi connectivity index (χ4n) is 4.00. The van der Waals surface area contributed by atoms with E-state index in [0.717, 1.165) is 53.3 Å². The molecule has 2 aliphatic heterocycles. The molecule has 4 rings (SSSR count). The van der Waals surface area contributed by atoms with Crippen molar-refractivity contribution in [3.63, 3.8) is 0 Å². The Balaban J connectivity index is 1.86. The van der Waals surface area contributed by atoms with Crippen LogP contribution in [0.1, 0.15) is 22.3 Å². The van der Waals surface area contributed by atoms with Crippen LogP contribution in [-0.2, 0) is 6.42 Å². The monoisotopic (exact) mass is 365 g/mol. The molecular weight excluding hydrogens is 342 g/mol. The van der Waals surface area contributed by atoms with E-state index in [4.69, 9.17) is 10.5 Å². The highest BCUT2D eigenvalue weighted by Crippen LogP contribution is 2.44. The smallest absolute Gasteiger partial charge is 0.251 e. The minimum atomic E-state index is -0.430. The van der Waals surface area contributed by atoms with Gasteiger partial charge in [-0.3, -0.25) is 9.79 Å². The highest BCUT2D eigenvalue weighted by atomic mass is 16.5. The molecule has 1 fully saturated rings. The molecule has 1 atom stereocenters. The number of carbonyl (C=O) groups is 1. The second kappa shape index (κ2) is 7.04. The van der Waals surface area contributed by atoms with E-state index in [1.807, 2.05) is 36.5 Å². The summed E-state index contributed by atoms with van der Waals surface area (Å²) in [5.74, 6) is 0.582. The molecule has 0 spiro atoms. The predicted molar refractivity (Wildman–Crippen MR) is 106 cm³/mol. The molecule has 1 amide bonds. The van der Waals surface area contributed by atoms with Crippen molar-refractivity contribution in [2.75, 3.05) is 31.7 Å². The van der Waals surface area contributed by atoms with Crippen LogP contribution in [-0.4, -0.2) is 44.0 Å². The Morgan fingerprint density at radius 2 is 2.15 bits per heavy atom. The SMILES string of the molecule is COc1ccc(-c2cc(N3CC[C@H](CO)C3)c(C(N)=O)c3c2N=CC3)cc1. The van der Waals surface area contributed by atoms with Gasteiger partial charge in [-0.15, -0.1) is 0 Å². The van der Waals surface area contributed by atoms with Crippen molar-refractivity contribution < 1.29 is 14.6 Å². The number of methoxy groups -OCH3 is 1. The number of primary amides is 1. The van der Waals surface area contributed by atoms with Gasteiger partial charge in [-0.25, -0.2) is 0 Å². The summed E-state index contributed by atoms with van der Waals surface area (Å²) in [6.45, 7) is 1.67. The Morgan fingerprint density at radius 1 is 1.37 bits per heavy atom. The number of benzene rings is 2. The summed E-state index contributed by atoms with van der Waals surface area (Å²) in [6.07, 6.45) is 3.33. The van der Waals surface area contributed by atoms with Crippen molar-refractivity contribution >= 4 is 23.5 Å². The number of nitrogens with two attached hydrogens (primary N) is 1. The number of amides is 1. The normalized spacial score (nSPS) is 18.0. The maximum absolute atomic E-state index is 12.3. The number of hydrogen-bond acceptors (Lipinski definition) is 5. The van der Waals surface area contributed by atoms with Crippen LogP contribution in [0.25, 0.3) is 11.1 Å². The average Bonchev–Trinajstić information content (AvgIpc) is 3.36. The molecule has 0 radical (unpaired) electrons. The van der Waals surface area contributed by atoms with Gasteiger partial charge >= 0.3 is 0 Å². The number of fused-ring (bicyclic) bond motifs is 1. The molecule has 0 bridgehead atoms. The molecule has 0 saturated carbocycles. The van der Waals surface area contributed by atoms with Crippen LogP contribution in [0.15, 0.2) is 35.3 Å². The topological polar surface area (TPSA) is 88.1 Å². The fourth-order valence-corrected chi connectivity index (χ4v) is 4.00. The molecule has 2 heterocycles. The molecule has 2 aromatic rings. The summed E-state index contributed by atoms with van der Waals surface area (Å²) in [5, 5.41) is 9.50. The van der Waals surface area contributed by atoms with E-state index in [1.54, 1.807) is 7.11 Å². The van der Waals surface area contributed by atoms with Gasteiger partial charge in [-0.1, -0.05) is 12.1 Å². The standard InChI is InChI=1S/C21H23N3O3/c1-27-15-4-2-14(3-5-15)17-10-18(24-9-7-13(11-24)12-25)19(21(22)26)16-6-8-23-20(16)17/h2-5,8,10,13,25H,6-7,9,11-12H2,1H3,(H2,22,26)/t13-/m0/s1. The van der Waals surface area contributed by atoms with Crippen LogP contribution in [0.3, 0.4) is 0 Å². The zero-order valence-electron chi connectivity index (χ0n) is 15.3. The van der Waals surface area contributed by atoms with Crippen LogP contribution in [0.2, 0.25) is 0 Å². The van der Waals surface area contributed by atoms with Crippen molar-refractivity contribution in [2.45, 2.75) is 12.8 Å². The zero-order chi connectivity index (χ0) is 19.0. The summed E-state index contributed by atoms with van der Waals surface area (Å²) in [4.78, 5) is 19.0. The first-order valence-electron chi connectivity index (χ1n) is 9.14. The van der Waals surface area contributed by atoms with Gasteiger partial charge in [0.15, 0.2) is 0 Å². The van der Waals surface area contributed by atoms with Crippen LogP contribution in [0.5, 0.6) is 5.75 Å². The van der Waals surface area contributed by atoms with E-state index < -0.39 is 5.91 Å². The Hall–Kier alpha value is -2.86. The van der Waals surface area contributed by atoms with Crippen molar-refractivity contribution in [3.05, 3.63) is 41.5 Å². The average molecular weight is 365 g/mol. The number of anilines is 1. The van der Waals surface area contributed by atoms with Crippen molar-refractivity contribution in [2.24, 2.45) is 16.6 Å². The third-order valence-electron chi connectivity index (χ3n) is 5.43. The first kappa shape index (κ1) is 17.5. The van der Waals surface area contributed by atoms with Crippen LogP contribution in [0.4, 0.5) is 11.4 Å². The zero-order valence-corrected chi connectivity index (χ0v) is 15.3. The lowest BCUT2D eigenvalue weighted by molar-refractivity contribution is 0.1000. The highest BCUT2D eigenvalue weighted by molar-refractivity contribution is 6.06. The summed E-state index contributed by atoms with van der Waals surface area (Å²) in [6, 6.07) is 9.84. The first-order chi connectivity index (χ1) is 13.1. The molecule has 0 unspecified atom stereocenters. The summed E-state index contributed by atoms with van der Waals surface area (Å²) in [5.41, 5.74) is 10.9. The Labute approximate surface area is 158 Å². The number of carbonyl (C=O) groups excluding carboxylic acids is 1. The number of aliphatic hydroxyl groups is 1. The molecule has 3 N–H and O–H groups in total. The quantitative estimate of drug-likeness (QED) is 0.852. The van der Waals surface area contributed by atoms with Gasteiger partial charge in [0.05, 0.1) is 24.0 Å². The number of aliphatic hydroxyl groups excluding tert-OH is 1. The number of ether oxygens (including phenoxy) is 1. The van der Waals surface area contributed by atoms with E-state index in [2.05, 4.69) is 9.89 Å². The lowest BCUT2D eigenvalue weighted by Crippen LogP contribution is -2.26. The van der Waals surface area contributed by atoms with E-state index >= 15 is 0 Å². The van der Waals surface area contributed by atoms with Crippen molar-refractivity contribution in [1.82, 2.24) is 0 Å². The molecule has 2 aromatic carbocycles. The molecule has 6 nitrogen and oxygen atoms in total. The maximum Gasteiger partial charge on any atom is 0.251 e. The molecule has 6 heteroatoms. The molecule has 27 heavy (non-hydrogen) atoms. The molecule has 1 saturated heterocycles. The first-order valence-corrected chi connectivity index (χ1v) is 9.14. The van der Waals surface area contributed by atoms with Crippen molar-refractivity contribution in [3.8, 4) is 16.9 Å². The van der Waals surface area contributed by atoms with Gasteiger partial charge in [0.25, 0.3) is 5.91 Å². The predicted octanol–water partition coefficient (Wildman–Crippen LogP) is 2.54. The minimum absolute atomic E-state index is 0.155. The van der Waals surface area contributed by atoms with E-state index in [-0.39, 0.29) is 12.5 Å². The third kappa shape index (κ3) is 3.06. The maximum atomic E-state index is 12.3. The lowest BCUT2D eigenvalue weighted by atomic mass is 9.93. The van der Waals surface area contributed by atoms with Gasteiger partial charge in [0, 0.05) is 43.8 Å². The number of rotatable bonds is 5. The fraction of sp³-hybridized carbons (Fsp3) is 0.333. The molecule has 0 aliphatic carbocycles. The third-order valence-corrected chi connectivity index (χ3v) is 5.43. The summed E-state index contributed by atoms with van der Waals surface area (Å²) >= 11 is 0. The van der Waals surface area contributed by atoms with Gasteiger partial charge in [0.1, 0.15) is 5.75 Å². The van der Waals surface area contributed by atoms with E-state index in [1.165, 1.54) is 0 Å². The number of hydrogen-bond donors (Lipinski definition) is 2. The largest absolute Gasteiger partial charge is 0.497 e. The molecular formula is C21H23N3O3. The number of nitrogens with zero attached hydrogens (tertiary/aromatic N) is 2. The minimum Gasteiger partial charge on any atom is -0.497 e. The Bertz CT molecular complexity index is 906. The lowest BCUT2D eigenvalue weighted by Gasteiger charge is -2.24. The summed E-state index contributed by atoms with van der Waals surface area (Å²) < 4.78 is 5.25. The van der Waals surface area contributed by atoms with E-state index in [9.17, 15) is 9.90 Å². The highest BCUT2D eigenvalue weighted by Gasteiger charge is 2.30. The van der Waals surface area contributed by atoms with Crippen LogP contribution in [0, 0.1) is 5.92 Å². The number of aliphatic imine (C=N–C) groups is 1. The van der Waals surface area contributed by atoms with Crippen LogP contribution >= 0.6 is 0 Å². The Morgan fingerprint density at radius 3 is 2.78 bits per heavy atom. The summed E-state index contributed by atoms with van der Waals surface area (Å²) in [7, 11) is 1.64. The second-order valence-corrected chi connectivity index (χ2v) is 7.04.